The molecule has 1 fully saturated rings. The largest absolute Gasteiger partial charge is 0.338 e. The molecule has 1 aliphatic rings. The number of likely N-dealkylation sites (tertiary alicyclic amines) is 1. The molecule has 3 N–H and O–H groups in total. The van der Waals surface area contributed by atoms with E-state index in [1.807, 2.05) is 0 Å². The zero-order valence-electron chi connectivity index (χ0n) is 10.7. The summed E-state index contributed by atoms with van der Waals surface area (Å²) < 4.78 is 0. The van der Waals surface area contributed by atoms with Gasteiger partial charge >= 0.3 is 6.03 Å². The molecule has 1 heterocycles. The second-order valence-corrected chi connectivity index (χ2v) is 4.65. The van der Waals surface area contributed by atoms with Gasteiger partial charge in [-0.3, -0.25) is 10.1 Å². The van der Waals surface area contributed by atoms with E-state index in [2.05, 4.69) is 17.6 Å². The van der Waals surface area contributed by atoms with Crippen molar-refractivity contribution in [3.63, 3.8) is 0 Å². The minimum Gasteiger partial charge on any atom is -0.338 e. The van der Waals surface area contributed by atoms with Gasteiger partial charge < -0.3 is 10.2 Å². The first-order valence-electron chi connectivity index (χ1n) is 6.63. The lowest BCUT2D eigenvalue weighted by Gasteiger charge is -2.22. The van der Waals surface area contributed by atoms with Crippen LogP contribution in [-0.2, 0) is 4.79 Å². The minimum absolute atomic E-state index is 0.170. The molecular formula is C12H24N3O2+. The van der Waals surface area contributed by atoms with Gasteiger partial charge in [0.05, 0.1) is 13.1 Å². The molecule has 98 valence electrons. The first-order valence-corrected chi connectivity index (χ1v) is 6.63. The van der Waals surface area contributed by atoms with Crippen molar-refractivity contribution in [2.24, 2.45) is 0 Å². The molecule has 0 aromatic carbocycles. The Balaban J connectivity index is 2.12. The Kier molecular flexibility index (Phi) is 6.62. The molecule has 5 nitrogen and oxygen atoms in total. The van der Waals surface area contributed by atoms with E-state index in [1.165, 1.54) is 24.2 Å². The number of hydrogen-bond donors (Lipinski definition) is 3. The Hall–Kier alpha value is -1.10. The number of urea groups is 1. The Morgan fingerprint density at radius 2 is 1.88 bits per heavy atom. The molecule has 0 aromatic rings. The molecule has 3 amide bonds. The number of imide groups is 1. The molecule has 17 heavy (non-hydrogen) atoms. The second-order valence-electron chi connectivity index (χ2n) is 4.65. The van der Waals surface area contributed by atoms with Gasteiger partial charge in [0.15, 0.2) is 6.54 Å². The average molecular weight is 242 g/mol. The highest BCUT2D eigenvalue weighted by Gasteiger charge is 2.18. The summed E-state index contributed by atoms with van der Waals surface area (Å²) in [7, 11) is 0. The third kappa shape index (κ3) is 6.26. The summed E-state index contributed by atoms with van der Waals surface area (Å²) in [5.74, 6) is -0.170. The molecule has 0 spiro atoms. The quantitative estimate of drug-likeness (QED) is 0.579. The van der Waals surface area contributed by atoms with Crippen molar-refractivity contribution < 1.29 is 14.5 Å². The van der Waals surface area contributed by atoms with Crippen LogP contribution in [0.25, 0.3) is 0 Å². The number of carbonyl (C=O) groups is 2. The highest BCUT2D eigenvalue weighted by molar-refractivity contribution is 5.94. The molecule has 1 aliphatic heterocycles. The highest BCUT2D eigenvalue weighted by atomic mass is 16.2. The lowest BCUT2D eigenvalue weighted by atomic mass is 10.1. The number of hydrogen-bond acceptors (Lipinski definition) is 2. The van der Waals surface area contributed by atoms with Crippen molar-refractivity contribution in [3.8, 4) is 0 Å². The molecule has 5 heteroatoms. The standard InChI is InChI=1S/C12H23N3O2/c1-2-3-7-13-12(17)14-11(16)10-15-8-5-4-6-9-15/h2-10H2,1H3,(H2,13,14,16,17)/p+1. The van der Waals surface area contributed by atoms with E-state index < -0.39 is 0 Å². The molecule has 0 radical (unpaired) electrons. The lowest BCUT2D eigenvalue weighted by molar-refractivity contribution is -0.896. The summed E-state index contributed by atoms with van der Waals surface area (Å²) >= 11 is 0. The zero-order chi connectivity index (χ0) is 12.5. The van der Waals surface area contributed by atoms with Gasteiger partial charge in [0.1, 0.15) is 0 Å². The van der Waals surface area contributed by atoms with Crippen LogP contribution in [-0.4, -0.2) is 38.1 Å². The minimum atomic E-state index is -0.361. The Bertz CT molecular complexity index is 250. The van der Waals surface area contributed by atoms with Crippen LogP contribution in [0.15, 0.2) is 0 Å². The number of quaternary nitrogens is 1. The van der Waals surface area contributed by atoms with Gasteiger partial charge in [0, 0.05) is 6.54 Å². The third-order valence-electron chi connectivity index (χ3n) is 3.04. The van der Waals surface area contributed by atoms with Crippen LogP contribution >= 0.6 is 0 Å². The van der Waals surface area contributed by atoms with Crippen molar-refractivity contribution >= 4 is 11.9 Å². The molecule has 1 saturated heterocycles. The zero-order valence-corrected chi connectivity index (χ0v) is 10.7. The van der Waals surface area contributed by atoms with Gasteiger partial charge in [-0.1, -0.05) is 13.3 Å². The second kappa shape index (κ2) is 8.06. The van der Waals surface area contributed by atoms with E-state index in [0.29, 0.717) is 13.1 Å². The fraction of sp³-hybridized carbons (Fsp3) is 0.833. The average Bonchev–Trinajstić information content (AvgIpc) is 2.30. The van der Waals surface area contributed by atoms with Gasteiger partial charge in [-0.2, -0.15) is 0 Å². The number of unbranched alkanes of at least 4 members (excludes halogenated alkanes) is 1. The molecule has 1 rings (SSSR count). The van der Waals surface area contributed by atoms with Crippen LogP contribution in [0.1, 0.15) is 39.0 Å². The van der Waals surface area contributed by atoms with E-state index in [1.54, 1.807) is 0 Å². The number of rotatable bonds is 5. The monoisotopic (exact) mass is 242 g/mol. The van der Waals surface area contributed by atoms with Crippen molar-refractivity contribution in [2.45, 2.75) is 39.0 Å². The van der Waals surface area contributed by atoms with Gasteiger partial charge in [-0.05, 0) is 25.7 Å². The van der Waals surface area contributed by atoms with Crippen LogP contribution in [0.2, 0.25) is 0 Å². The first kappa shape index (κ1) is 14.0. The van der Waals surface area contributed by atoms with E-state index in [4.69, 9.17) is 0 Å². The Labute approximate surface area is 103 Å². The lowest BCUT2D eigenvalue weighted by Crippen LogP contribution is -3.14. The summed E-state index contributed by atoms with van der Waals surface area (Å²) in [6, 6.07) is -0.361. The number of nitrogens with one attached hydrogen (secondary N) is 3. The third-order valence-corrected chi connectivity index (χ3v) is 3.04. The van der Waals surface area contributed by atoms with Crippen LogP contribution in [0.4, 0.5) is 4.79 Å². The van der Waals surface area contributed by atoms with E-state index in [9.17, 15) is 9.59 Å². The summed E-state index contributed by atoms with van der Waals surface area (Å²) in [5.41, 5.74) is 0. The van der Waals surface area contributed by atoms with Gasteiger partial charge in [-0.15, -0.1) is 0 Å². The van der Waals surface area contributed by atoms with Crippen LogP contribution in [0.3, 0.4) is 0 Å². The maximum atomic E-state index is 11.6. The van der Waals surface area contributed by atoms with E-state index >= 15 is 0 Å². The molecule has 0 aliphatic carbocycles. The van der Waals surface area contributed by atoms with Crippen molar-refractivity contribution in [1.82, 2.24) is 10.6 Å². The van der Waals surface area contributed by atoms with Gasteiger partial charge in [0.2, 0.25) is 0 Å². The van der Waals surface area contributed by atoms with Crippen molar-refractivity contribution in [3.05, 3.63) is 0 Å². The smallest absolute Gasteiger partial charge is 0.321 e. The summed E-state index contributed by atoms with van der Waals surface area (Å²) in [4.78, 5) is 24.2. The topological polar surface area (TPSA) is 62.6 Å². The maximum Gasteiger partial charge on any atom is 0.321 e. The van der Waals surface area contributed by atoms with Crippen LogP contribution in [0, 0.1) is 0 Å². The number of amides is 3. The molecule has 0 unspecified atom stereocenters. The summed E-state index contributed by atoms with van der Waals surface area (Å²) in [6.45, 7) is 5.20. The fourth-order valence-electron chi connectivity index (χ4n) is 2.05. The number of piperidine rings is 1. The van der Waals surface area contributed by atoms with Crippen LogP contribution < -0.4 is 15.5 Å². The summed E-state index contributed by atoms with van der Waals surface area (Å²) in [5, 5.41) is 5.05. The maximum absolute atomic E-state index is 11.6. The highest BCUT2D eigenvalue weighted by Crippen LogP contribution is 1.93. The molecule has 0 aromatic heterocycles. The van der Waals surface area contributed by atoms with E-state index in [0.717, 1.165) is 25.9 Å². The molecular weight excluding hydrogens is 218 g/mol. The molecule has 0 saturated carbocycles. The van der Waals surface area contributed by atoms with Crippen molar-refractivity contribution in [2.75, 3.05) is 26.2 Å². The molecule has 0 atom stereocenters. The normalized spacial score (nSPS) is 16.5. The van der Waals surface area contributed by atoms with Crippen LogP contribution in [0.5, 0.6) is 0 Å². The van der Waals surface area contributed by atoms with Crippen molar-refractivity contribution in [1.29, 1.82) is 0 Å². The Morgan fingerprint density at radius 1 is 1.18 bits per heavy atom. The molecule has 0 bridgehead atoms. The SMILES string of the molecule is CCCCNC(=O)NC(=O)C[NH+]1CCCCC1. The Morgan fingerprint density at radius 3 is 2.53 bits per heavy atom. The fourth-order valence-corrected chi connectivity index (χ4v) is 2.05. The number of carbonyl (C=O) groups excluding carboxylic acids is 2. The predicted molar refractivity (Wildman–Crippen MR) is 65.9 cm³/mol. The van der Waals surface area contributed by atoms with Gasteiger partial charge in [0.25, 0.3) is 5.91 Å². The first-order chi connectivity index (χ1) is 8.22. The van der Waals surface area contributed by atoms with E-state index in [-0.39, 0.29) is 11.9 Å². The van der Waals surface area contributed by atoms with Gasteiger partial charge in [-0.25, -0.2) is 4.79 Å². The summed E-state index contributed by atoms with van der Waals surface area (Å²) in [6.07, 6.45) is 5.62. The predicted octanol–water partition coefficient (Wildman–Crippen LogP) is -0.319.